The van der Waals surface area contributed by atoms with Crippen LogP contribution in [0.5, 0.6) is 0 Å². The third-order valence-corrected chi connectivity index (χ3v) is 7.07. The molecule has 1 aromatic rings. The molecular weight excluding hydrogens is 343 g/mol. The number of hydrogen-bond acceptors (Lipinski definition) is 3. The Balaban J connectivity index is 1.30. The van der Waals surface area contributed by atoms with Gasteiger partial charge in [0.1, 0.15) is 11.6 Å². The van der Waals surface area contributed by atoms with E-state index in [2.05, 4.69) is 0 Å². The van der Waals surface area contributed by atoms with Crippen molar-refractivity contribution < 1.29 is 18.8 Å². The van der Waals surface area contributed by atoms with Crippen LogP contribution in [0.1, 0.15) is 84.9 Å². The van der Waals surface area contributed by atoms with Gasteiger partial charge in [-0.15, -0.1) is 0 Å². The molecule has 144 valence electrons. The predicted octanol–water partition coefficient (Wildman–Crippen LogP) is 5.17. The first-order chi connectivity index (χ1) is 13.1. The van der Waals surface area contributed by atoms with Gasteiger partial charge in [-0.1, -0.05) is 37.8 Å². The summed E-state index contributed by atoms with van der Waals surface area (Å²) >= 11 is 0. The SMILES string of the molecule is O=C(CCCC1C(=O)c2cccc(F)c2C1=O)C1CCC2CCCCC2C1. The number of halogens is 1. The Morgan fingerprint density at radius 3 is 2.56 bits per heavy atom. The Labute approximate surface area is 159 Å². The van der Waals surface area contributed by atoms with Crippen LogP contribution in [-0.4, -0.2) is 17.3 Å². The minimum absolute atomic E-state index is 0.0607. The lowest BCUT2D eigenvalue weighted by Crippen LogP contribution is -2.31. The maximum absolute atomic E-state index is 13.9. The lowest BCUT2D eigenvalue weighted by atomic mass is 9.66. The second kappa shape index (κ2) is 7.65. The second-order valence-electron chi connectivity index (χ2n) is 8.62. The third-order valence-electron chi connectivity index (χ3n) is 7.07. The molecule has 4 atom stereocenters. The molecule has 0 aliphatic heterocycles. The first-order valence-corrected chi connectivity index (χ1v) is 10.5. The quantitative estimate of drug-likeness (QED) is 0.672. The van der Waals surface area contributed by atoms with Crippen molar-refractivity contribution in [2.24, 2.45) is 23.7 Å². The molecule has 0 aromatic heterocycles. The Hall–Kier alpha value is -1.84. The van der Waals surface area contributed by atoms with Crippen LogP contribution >= 0.6 is 0 Å². The summed E-state index contributed by atoms with van der Waals surface area (Å²) < 4.78 is 13.9. The zero-order chi connectivity index (χ0) is 19.0. The number of ketones is 3. The van der Waals surface area contributed by atoms with E-state index < -0.39 is 17.5 Å². The van der Waals surface area contributed by atoms with Gasteiger partial charge in [-0.05, 0) is 50.0 Å². The van der Waals surface area contributed by atoms with Gasteiger partial charge >= 0.3 is 0 Å². The molecule has 0 saturated heterocycles. The number of fused-ring (bicyclic) bond motifs is 2. The van der Waals surface area contributed by atoms with E-state index in [0.717, 1.165) is 24.7 Å². The van der Waals surface area contributed by atoms with Crippen molar-refractivity contribution in [2.45, 2.75) is 64.2 Å². The van der Waals surface area contributed by atoms with E-state index in [1.807, 2.05) is 0 Å². The van der Waals surface area contributed by atoms with Gasteiger partial charge in [0.25, 0.3) is 0 Å². The van der Waals surface area contributed by atoms with Crippen molar-refractivity contribution in [3.05, 3.63) is 35.1 Å². The van der Waals surface area contributed by atoms with Crippen LogP contribution in [0.3, 0.4) is 0 Å². The molecule has 2 fully saturated rings. The molecule has 4 rings (SSSR count). The molecule has 3 aliphatic rings. The van der Waals surface area contributed by atoms with Crippen LogP contribution in [0.2, 0.25) is 0 Å². The van der Waals surface area contributed by atoms with Crippen molar-refractivity contribution in [3.63, 3.8) is 0 Å². The monoisotopic (exact) mass is 370 g/mol. The summed E-state index contributed by atoms with van der Waals surface area (Å²) in [7, 11) is 0. The molecule has 0 amide bonds. The fraction of sp³-hybridized carbons (Fsp3) is 0.609. The summed E-state index contributed by atoms with van der Waals surface area (Å²) in [5.41, 5.74) is 0.140. The summed E-state index contributed by atoms with van der Waals surface area (Å²) in [6.07, 6.45) is 9.74. The van der Waals surface area contributed by atoms with E-state index in [4.69, 9.17) is 0 Å². The van der Waals surface area contributed by atoms with Crippen molar-refractivity contribution >= 4 is 17.3 Å². The number of rotatable bonds is 5. The van der Waals surface area contributed by atoms with Crippen LogP contribution in [0.4, 0.5) is 4.39 Å². The highest BCUT2D eigenvalue weighted by Gasteiger charge is 2.40. The second-order valence-corrected chi connectivity index (χ2v) is 8.62. The first-order valence-electron chi connectivity index (χ1n) is 10.5. The van der Waals surface area contributed by atoms with Gasteiger partial charge in [0.05, 0.1) is 11.5 Å². The standard InChI is InChI=1S/C23H27FO3/c24-19-9-3-7-17-21(19)23(27)18(22(17)26)8-4-10-20(25)16-12-11-14-5-1-2-6-15(14)13-16/h3,7,9,14-16,18H,1-2,4-6,8,10-13H2. The van der Waals surface area contributed by atoms with Gasteiger partial charge in [-0.25, -0.2) is 4.39 Å². The largest absolute Gasteiger partial charge is 0.299 e. The highest BCUT2D eigenvalue weighted by atomic mass is 19.1. The zero-order valence-corrected chi connectivity index (χ0v) is 15.7. The van der Waals surface area contributed by atoms with Crippen molar-refractivity contribution in [2.75, 3.05) is 0 Å². The summed E-state index contributed by atoms with van der Waals surface area (Å²) in [6.45, 7) is 0. The van der Waals surface area contributed by atoms with E-state index in [9.17, 15) is 18.8 Å². The predicted molar refractivity (Wildman–Crippen MR) is 100 cm³/mol. The first kappa shape index (κ1) is 18.5. The fourth-order valence-electron chi connectivity index (χ4n) is 5.57. The average molecular weight is 370 g/mol. The highest BCUT2D eigenvalue weighted by Crippen LogP contribution is 2.43. The molecule has 3 aliphatic carbocycles. The molecule has 0 N–H and O–H groups in total. The Bertz CT molecular complexity index is 769. The van der Waals surface area contributed by atoms with Gasteiger partial charge in [0.15, 0.2) is 11.6 Å². The summed E-state index contributed by atoms with van der Waals surface area (Å²) in [5.74, 6) is -0.128. The van der Waals surface area contributed by atoms with Gasteiger partial charge in [-0.2, -0.15) is 0 Å². The molecular formula is C23H27FO3. The highest BCUT2D eigenvalue weighted by molar-refractivity contribution is 6.26. The Morgan fingerprint density at radius 2 is 1.78 bits per heavy atom. The van der Waals surface area contributed by atoms with Crippen LogP contribution in [-0.2, 0) is 4.79 Å². The van der Waals surface area contributed by atoms with E-state index in [1.54, 1.807) is 0 Å². The van der Waals surface area contributed by atoms with Crippen molar-refractivity contribution in [1.29, 1.82) is 0 Å². The van der Waals surface area contributed by atoms with E-state index in [0.29, 0.717) is 25.0 Å². The molecule has 0 bridgehead atoms. The van der Waals surface area contributed by atoms with E-state index in [1.165, 1.54) is 50.3 Å². The van der Waals surface area contributed by atoms with Crippen LogP contribution < -0.4 is 0 Å². The fourth-order valence-corrected chi connectivity index (χ4v) is 5.57. The summed E-state index contributed by atoms with van der Waals surface area (Å²) in [6, 6.07) is 4.21. The molecule has 0 heterocycles. The van der Waals surface area contributed by atoms with Crippen LogP contribution in [0, 0.1) is 29.5 Å². The lowest BCUT2D eigenvalue weighted by molar-refractivity contribution is -0.125. The third kappa shape index (κ3) is 3.51. The van der Waals surface area contributed by atoms with Crippen LogP contribution in [0.15, 0.2) is 18.2 Å². The molecule has 0 spiro atoms. The van der Waals surface area contributed by atoms with Crippen molar-refractivity contribution in [3.8, 4) is 0 Å². The Kier molecular flexibility index (Phi) is 5.25. The maximum Gasteiger partial charge on any atom is 0.177 e. The Morgan fingerprint density at radius 1 is 1.00 bits per heavy atom. The smallest absolute Gasteiger partial charge is 0.177 e. The molecule has 4 unspecified atom stereocenters. The van der Waals surface area contributed by atoms with E-state index >= 15 is 0 Å². The average Bonchev–Trinajstić information content (AvgIpc) is 2.93. The van der Waals surface area contributed by atoms with Gasteiger partial charge < -0.3 is 0 Å². The molecule has 1 aromatic carbocycles. The zero-order valence-electron chi connectivity index (χ0n) is 15.7. The van der Waals surface area contributed by atoms with Gasteiger partial charge in [-0.3, -0.25) is 14.4 Å². The number of carbonyl (C=O) groups is 3. The molecule has 2 saturated carbocycles. The van der Waals surface area contributed by atoms with Gasteiger partial charge in [0, 0.05) is 17.9 Å². The number of hydrogen-bond donors (Lipinski definition) is 0. The molecule has 3 nitrogen and oxygen atoms in total. The van der Waals surface area contributed by atoms with Gasteiger partial charge in [0.2, 0.25) is 0 Å². The normalized spacial score (nSPS) is 30.1. The number of Topliss-reactive ketones (excluding diaryl/α,β-unsaturated/α-hetero) is 3. The number of carbonyl (C=O) groups excluding carboxylic acids is 3. The summed E-state index contributed by atoms with van der Waals surface area (Å²) in [4.78, 5) is 37.5. The molecule has 0 radical (unpaired) electrons. The summed E-state index contributed by atoms with van der Waals surface area (Å²) in [5, 5.41) is 0. The number of benzene rings is 1. The van der Waals surface area contributed by atoms with Crippen molar-refractivity contribution in [1.82, 2.24) is 0 Å². The minimum atomic E-state index is -0.807. The topological polar surface area (TPSA) is 51.2 Å². The van der Waals surface area contributed by atoms with Crippen LogP contribution in [0.25, 0.3) is 0 Å². The maximum atomic E-state index is 13.9. The minimum Gasteiger partial charge on any atom is -0.299 e. The molecule has 4 heteroatoms. The molecule has 27 heavy (non-hydrogen) atoms. The van der Waals surface area contributed by atoms with E-state index in [-0.39, 0.29) is 22.8 Å². The lowest BCUT2D eigenvalue weighted by Gasteiger charge is -2.38.